The van der Waals surface area contributed by atoms with E-state index in [9.17, 15) is 4.79 Å². The van der Waals surface area contributed by atoms with Crippen LogP contribution >= 0.6 is 23.2 Å². The number of halogens is 2. The van der Waals surface area contributed by atoms with Crippen molar-refractivity contribution in [3.05, 3.63) is 45.5 Å². The number of hydrogen-bond acceptors (Lipinski definition) is 4. The van der Waals surface area contributed by atoms with Gasteiger partial charge in [-0.05, 0) is 24.6 Å². The van der Waals surface area contributed by atoms with Crippen LogP contribution in [0.4, 0.5) is 0 Å². The lowest BCUT2D eigenvalue weighted by atomic mass is 10.1. The van der Waals surface area contributed by atoms with E-state index in [-0.39, 0.29) is 12.2 Å². The van der Waals surface area contributed by atoms with E-state index < -0.39 is 0 Å². The van der Waals surface area contributed by atoms with Crippen LogP contribution in [-0.4, -0.2) is 15.9 Å². The summed E-state index contributed by atoms with van der Waals surface area (Å²) in [6.45, 7) is 1.47. The number of hydrogen-bond donors (Lipinski definition) is 0. The number of ketones is 1. The second-order valence-corrected chi connectivity index (χ2v) is 4.67. The standard InChI is InChI=1S/C12H10Cl2N2O2/c1-7(17)5-12-15-11(16-18-12)6-8-9(13)3-2-4-10(8)14/h2-4H,5-6H2,1H3. The largest absolute Gasteiger partial charge is 0.339 e. The van der Waals surface area contributed by atoms with E-state index in [1.165, 1.54) is 6.92 Å². The molecule has 0 spiro atoms. The van der Waals surface area contributed by atoms with Gasteiger partial charge in [-0.3, -0.25) is 4.79 Å². The lowest BCUT2D eigenvalue weighted by Gasteiger charge is -2.02. The van der Waals surface area contributed by atoms with Crippen molar-refractivity contribution in [3.63, 3.8) is 0 Å². The average molecular weight is 285 g/mol. The van der Waals surface area contributed by atoms with Crippen LogP contribution in [0.1, 0.15) is 24.2 Å². The number of Topliss-reactive ketones (excluding diaryl/α,β-unsaturated/α-hetero) is 1. The maximum Gasteiger partial charge on any atom is 0.234 e. The third-order valence-corrected chi connectivity index (χ3v) is 3.02. The van der Waals surface area contributed by atoms with E-state index in [0.717, 1.165) is 5.56 Å². The summed E-state index contributed by atoms with van der Waals surface area (Å²) in [6, 6.07) is 5.27. The first-order valence-electron chi connectivity index (χ1n) is 5.30. The number of benzene rings is 1. The topological polar surface area (TPSA) is 56.0 Å². The molecule has 0 saturated carbocycles. The van der Waals surface area contributed by atoms with Crippen LogP contribution in [0.25, 0.3) is 0 Å². The van der Waals surface area contributed by atoms with E-state index in [0.29, 0.717) is 28.2 Å². The van der Waals surface area contributed by atoms with Gasteiger partial charge in [-0.25, -0.2) is 0 Å². The second-order valence-electron chi connectivity index (χ2n) is 3.86. The minimum Gasteiger partial charge on any atom is -0.339 e. The van der Waals surface area contributed by atoms with Crippen LogP contribution in [0.3, 0.4) is 0 Å². The monoisotopic (exact) mass is 284 g/mol. The Morgan fingerprint density at radius 3 is 2.61 bits per heavy atom. The molecule has 0 amide bonds. The third-order valence-electron chi connectivity index (χ3n) is 2.31. The van der Waals surface area contributed by atoms with Crippen LogP contribution in [-0.2, 0) is 17.6 Å². The van der Waals surface area contributed by atoms with Gasteiger partial charge in [0.05, 0.1) is 6.42 Å². The maximum atomic E-state index is 10.9. The normalized spacial score (nSPS) is 10.6. The van der Waals surface area contributed by atoms with Gasteiger partial charge in [0, 0.05) is 16.5 Å². The van der Waals surface area contributed by atoms with Gasteiger partial charge >= 0.3 is 0 Å². The van der Waals surface area contributed by atoms with Gasteiger partial charge in [0.15, 0.2) is 5.82 Å². The lowest BCUT2D eigenvalue weighted by Crippen LogP contribution is -1.97. The Labute approximate surface area is 114 Å². The smallest absolute Gasteiger partial charge is 0.234 e. The minimum absolute atomic E-state index is 0.0269. The number of nitrogens with zero attached hydrogens (tertiary/aromatic N) is 2. The molecular formula is C12H10Cl2N2O2. The fourth-order valence-corrected chi connectivity index (χ4v) is 2.04. The Morgan fingerprint density at radius 1 is 1.33 bits per heavy atom. The zero-order chi connectivity index (χ0) is 13.1. The van der Waals surface area contributed by atoms with Crippen LogP contribution in [0.2, 0.25) is 10.0 Å². The molecule has 1 aromatic carbocycles. The molecule has 0 N–H and O–H groups in total. The fourth-order valence-electron chi connectivity index (χ4n) is 1.51. The number of aromatic nitrogens is 2. The molecule has 1 aromatic heterocycles. The van der Waals surface area contributed by atoms with Crippen molar-refractivity contribution in [1.82, 2.24) is 10.1 Å². The maximum absolute atomic E-state index is 10.9. The number of rotatable bonds is 4. The van der Waals surface area contributed by atoms with E-state index in [4.69, 9.17) is 27.7 Å². The zero-order valence-electron chi connectivity index (χ0n) is 9.61. The lowest BCUT2D eigenvalue weighted by molar-refractivity contribution is -0.116. The molecule has 2 aromatic rings. The summed E-state index contributed by atoms with van der Waals surface area (Å²) in [6.07, 6.45) is 0.517. The van der Waals surface area contributed by atoms with Crippen molar-refractivity contribution in [2.45, 2.75) is 19.8 Å². The van der Waals surface area contributed by atoms with Crippen molar-refractivity contribution in [3.8, 4) is 0 Å². The quantitative estimate of drug-likeness (QED) is 0.866. The molecule has 0 aliphatic heterocycles. The molecule has 0 radical (unpaired) electrons. The number of carbonyl (C=O) groups excluding carboxylic acids is 1. The zero-order valence-corrected chi connectivity index (χ0v) is 11.1. The predicted octanol–water partition coefficient (Wildman–Crippen LogP) is 3.10. The highest BCUT2D eigenvalue weighted by Crippen LogP contribution is 2.26. The third kappa shape index (κ3) is 3.09. The van der Waals surface area contributed by atoms with Gasteiger partial charge in [0.1, 0.15) is 5.78 Å². The predicted molar refractivity (Wildman–Crippen MR) is 68.0 cm³/mol. The highest BCUT2D eigenvalue weighted by molar-refractivity contribution is 6.36. The molecular weight excluding hydrogens is 275 g/mol. The van der Waals surface area contributed by atoms with Crippen molar-refractivity contribution < 1.29 is 9.32 Å². The first-order valence-corrected chi connectivity index (χ1v) is 6.05. The van der Waals surface area contributed by atoms with E-state index >= 15 is 0 Å². The SMILES string of the molecule is CC(=O)Cc1nc(Cc2c(Cl)cccc2Cl)no1. The molecule has 0 saturated heterocycles. The van der Waals surface area contributed by atoms with Crippen LogP contribution in [0.5, 0.6) is 0 Å². The molecule has 94 valence electrons. The molecule has 0 aliphatic carbocycles. The van der Waals surface area contributed by atoms with E-state index in [2.05, 4.69) is 10.1 Å². The van der Waals surface area contributed by atoms with Gasteiger partial charge in [0.2, 0.25) is 5.89 Å². The van der Waals surface area contributed by atoms with Crippen LogP contribution in [0.15, 0.2) is 22.7 Å². The molecule has 0 bridgehead atoms. The summed E-state index contributed by atoms with van der Waals surface area (Å²) in [5.41, 5.74) is 0.746. The first-order chi connectivity index (χ1) is 8.56. The summed E-state index contributed by atoms with van der Waals surface area (Å²) in [5, 5.41) is 4.90. The van der Waals surface area contributed by atoms with Crippen molar-refractivity contribution >= 4 is 29.0 Å². The Balaban J connectivity index is 2.19. The Kier molecular flexibility index (Phi) is 3.99. The van der Waals surface area contributed by atoms with Crippen molar-refractivity contribution in [2.24, 2.45) is 0 Å². The molecule has 0 aliphatic rings. The van der Waals surface area contributed by atoms with Gasteiger partial charge in [-0.2, -0.15) is 4.98 Å². The van der Waals surface area contributed by atoms with Gasteiger partial charge in [0.25, 0.3) is 0 Å². The van der Waals surface area contributed by atoms with Crippen LogP contribution < -0.4 is 0 Å². The summed E-state index contributed by atoms with van der Waals surface area (Å²) in [5.74, 6) is 0.739. The molecule has 6 heteroatoms. The summed E-state index contributed by atoms with van der Waals surface area (Å²) in [7, 11) is 0. The highest BCUT2D eigenvalue weighted by atomic mass is 35.5. The Morgan fingerprint density at radius 2 is 2.00 bits per heavy atom. The second kappa shape index (κ2) is 5.50. The van der Waals surface area contributed by atoms with Gasteiger partial charge in [-0.15, -0.1) is 0 Å². The Bertz CT molecular complexity index is 561. The van der Waals surface area contributed by atoms with Gasteiger partial charge in [-0.1, -0.05) is 34.4 Å². The Hall–Kier alpha value is -1.39. The fraction of sp³-hybridized carbons (Fsp3) is 0.250. The van der Waals surface area contributed by atoms with Crippen molar-refractivity contribution in [2.75, 3.05) is 0 Å². The summed E-state index contributed by atoms with van der Waals surface area (Å²) in [4.78, 5) is 15.0. The summed E-state index contributed by atoms with van der Waals surface area (Å²) >= 11 is 12.1. The van der Waals surface area contributed by atoms with Gasteiger partial charge < -0.3 is 4.52 Å². The molecule has 0 atom stereocenters. The molecule has 4 nitrogen and oxygen atoms in total. The molecule has 1 heterocycles. The molecule has 18 heavy (non-hydrogen) atoms. The van der Waals surface area contributed by atoms with Crippen LogP contribution in [0, 0.1) is 0 Å². The molecule has 0 unspecified atom stereocenters. The average Bonchev–Trinajstić information content (AvgIpc) is 2.70. The first kappa shape index (κ1) is 13.1. The van der Waals surface area contributed by atoms with E-state index in [1.807, 2.05) is 0 Å². The highest BCUT2D eigenvalue weighted by Gasteiger charge is 2.12. The molecule has 0 fully saturated rings. The summed E-state index contributed by atoms with van der Waals surface area (Å²) < 4.78 is 4.96. The molecule has 2 rings (SSSR count). The van der Waals surface area contributed by atoms with E-state index in [1.54, 1.807) is 18.2 Å². The number of carbonyl (C=O) groups is 1. The van der Waals surface area contributed by atoms with Crippen molar-refractivity contribution in [1.29, 1.82) is 0 Å². The minimum atomic E-state index is -0.0269.